The molecule has 3 aromatic rings. The van der Waals surface area contributed by atoms with Gasteiger partial charge in [0.2, 0.25) is 10.0 Å². The summed E-state index contributed by atoms with van der Waals surface area (Å²) in [5.74, 6) is -0.564. The maximum atomic E-state index is 12.4. The third-order valence-corrected chi connectivity index (χ3v) is 4.84. The maximum absolute atomic E-state index is 12.4. The van der Waals surface area contributed by atoms with Gasteiger partial charge in [-0.25, -0.2) is 23.0 Å². The normalized spacial score (nSPS) is 11.0. The number of carbonyl (C=O) groups excluding carboxylic acids is 1. The van der Waals surface area contributed by atoms with Crippen LogP contribution < -0.4 is 5.14 Å². The largest absolute Gasteiger partial charge is 0.461 e. The number of primary sulfonamides is 1. The fourth-order valence-corrected chi connectivity index (χ4v) is 3.08. The Kier molecular flexibility index (Phi) is 5.26. The molecular weight excluding hydrogens is 380 g/mol. The second kappa shape index (κ2) is 7.64. The highest BCUT2D eigenvalue weighted by atomic mass is 32.2. The number of nitriles is 1. The molecule has 9 heteroatoms. The number of esters is 1. The molecule has 0 saturated carbocycles. The lowest BCUT2D eigenvalue weighted by atomic mass is 10.1. The second-order valence-corrected chi connectivity index (χ2v) is 7.34. The smallest absolute Gasteiger partial charge is 0.357 e. The highest BCUT2D eigenvalue weighted by Gasteiger charge is 2.19. The first-order valence-electron chi connectivity index (χ1n) is 8.24. The van der Waals surface area contributed by atoms with E-state index >= 15 is 0 Å². The summed E-state index contributed by atoms with van der Waals surface area (Å²) in [5, 5.41) is 18.5. The molecule has 0 fully saturated rings. The van der Waals surface area contributed by atoms with Gasteiger partial charge >= 0.3 is 5.97 Å². The molecule has 0 atom stereocenters. The molecule has 0 saturated heterocycles. The number of aromatic nitrogens is 2. The standard InChI is InChI=1S/C19H16N4O4S/c1-2-27-19(24)18-11-17(14-5-3-13(12-20)4-6-14)22-23(18)15-7-9-16(10-8-15)28(21,25)26/h3-11H,2H2,1H3,(H2,21,25,26). The van der Waals surface area contributed by atoms with Crippen molar-refractivity contribution >= 4 is 16.0 Å². The maximum Gasteiger partial charge on any atom is 0.357 e. The minimum Gasteiger partial charge on any atom is -0.461 e. The van der Waals surface area contributed by atoms with E-state index in [1.54, 1.807) is 37.3 Å². The number of nitrogens with two attached hydrogens (primary N) is 1. The number of hydrogen-bond donors (Lipinski definition) is 1. The van der Waals surface area contributed by atoms with Gasteiger partial charge in [0.15, 0.2) is 5.69 Å². The highest BCUT2D eigenvalue weighted by Crippen LogP contribution is 2.23. The lowest BCUT2D eigenvalue weighted by Crippen LogP contribution is -2.13. The van der Waals surface area contributed by atoms with E-state index in [2.05, 4.69) is 5.10 Å². The molecule has 1 aromatic heterocycles. The highest BCUT2D eigenvalue weighted by molar-refractivity contribution is 7.89. The second-order valence-electron chi connectivity index (χ2n) is 5.78. The van der Waals surface area contributed by atoms with Crippen LogP contribution in [-0.2, 0) is 14.8 Å². The lowest BCUT2D eigenvalue weighted by molar-refractivity contribution is 0.0515. The van der Waals surface area contributed by atoms with E-state index in [9.17, 15) is 13.2 Å². The van der Waals surface area contributed by atoms with Crippen molar-refractivity contribution in [2.45, 2.75) is 11.8 Å². The van der Waals surface area contributed by atoms with E-state index in [1.807, 2.05) is 6.07 Å². The Morgan fingerprint density at radius 1 is 1.18 bits per heavy atom. The number of benzene rings is 2. The first-order valence-corrected chi connectivity index (χ1v) is 9.79. The van der Waals surface area contributed by atoms with Gasteiger partial charge in [0, 0.05) is 5.56 Å². The number of carbonyl (C=O) groups is 1. The van der Waals surface area contributed by atoms with Gasteiger partial charge in [-0.3, -0.25) is 0 Å². The molecule has 8 nitrogen and oxygen atoms in total. The molecule has 0 unspecified atom stereocenters. The quantitative estimate of drug-likeness (QED) is 0.659. The molecule has 3 rings (SSSR count). The summed E-state index contributed by atoms with van der Waals surface area (Å²) in [7, 11) is -3.83. The number of nitrogens with zero attached hydrogens (tertiary/aromatic N) is 3. The third kappa shape index (κ3) is 3.93. The first-order chi connectivity index (χ1) is 13.3. The Hall–Kier alpha value is -3.48. The van der Waals surface area contributed by atoms with E-state index in [0.717, 1.165) is 0 Å². The fraction of sp³-hybridized carbons (Fsp3) is 0.105. The Morgan fingerprint density at radius 3 is 2.36 bits per heavy atom. The van der Waals surface area contributed by atoms with Crippen LogP contribution in [0, 0.1) is 11.3 Å². The van der Waals surface area contributed by atoms with Crippen molar-refractivity contribution in [3.8, 4) is 23.0 Å². The number of rotatable bonds is 5. The summed E-state index contributed by atoms with van der Waals surface area (Å²) in [5.41, 5.74) is 2.37. The molecule has 0 aliphatic heterocycles. The van der Waals surface area contributed by atoms with Crippen LogP contribution in [0.4, 0.5) is 0 Å². The van der Waals surface area contributed by atoms with E-state index < -0.39 is 16.0 Å². The topological polar surface area (TPSA) is 128 Å². The van der Waals surface area contributed by atoms with E-state index in [4.69, 9.17) is 15.1 Å². The monoisotopic (exact) mass is 396 g/mol. The zero-order valence-corrected chi connectivity index (χ0v) is 15.7. The van der Waals surface area contributed by atoms with E-state index in [0.29, 0.717) is 22.5 Å². The summed E-state index contributed by atoms with van der Waals surface area (Å²) >= 11 is 0. The Morgan fingerprint density at radius 2 is 1.82 bits per heavy atom. The summed E-state index contributed by atoms with van der Waals surface area (Å²) in [6.45, 7) is 1.89. The van der Waals surface area contributed by atoms with Crippen LogP contribution in [0.3, 0.4) is 0 Å². The molecule has 0 amide bonds. The predicted molar refractivity (Wildman–Crippen MR) is 101 cm³/mol. The lowest BCUT2D eigenvalue weighted by Gasteiger charge is -2.07. The summed E-state index contributed by atoms with van der Waals surface area (Å²) in [6, 6.07) is 16.0. The van der Waals surface area contributed by atoms with E-state index in [1.165, 1.54) is 28.9 Å². The van der Waals surface area contributed by atoms with Crippen LogP contribution in [0.5, 0.6) is 0 Å². The Balaban J connectivity index is 2.09. The molecule has 0 bridgehead atoms. The molecule has 0 aliphatic carbocycles. The van der Waals surface area contributed by atoms with Crippen LogP contribution in [0.1, 0.15) is 23.0 Å². The Labute approximate surface area is 161 Å². The molecule has 1 heterocycles. The third-order valence-electron chi connectivity index (χ3n) is 3.91. The number of sulfonamides is 1. The van der Waals surface area contributed by atoms with Crippen molar-refractivity contribution in [1.82, 2.24) is 9.78 Å². The van der Waals surface area contributed by atoms with Gasteiger partial charge in [-0.15, -0.1) is 0 Å². The molecule has 0 aliphatic rings. The zero-order valence-electron chi connectivity index (χ0n) is 14.9. The molecule has 2 aromatic carbocycles. The van der Waals surface area contributed by atoms with Crippen molar-refractivity contribution in [1.29, 1.82) is 5.26 Å². The summed E-state index contributed by atoms with van der Waals surface area (Å²) in [6.07, 6.45) is 0. The predicted octanol–water partition coefficient (Wildman–Crippen LogP) is 2.24. The molecule has 28 heavy (non-hydrogen) atoms. The molecule has 142 valence electrons. The Bertz CT molecular complexity index is 1160. The number of ether oxygens (including phenoxy) is 1. The van der Waals surface area contributed by atoms with Crippen molar-refractivity contribution in [3.63, 3.8) is 0 Å². The van der Waals surface area contributed by atoms with Crippen molar-refractivity contribution in [2.24, 2.45) is 5.14 Å². The van der Waals surface area contributed by atoms with Gasteiger partial charge < -0.3 is 4.74 Å². The van der Waals surface area contributed by atoms with Crippen LogP contribution in [0.2, 0.25) is 0 Å². The van der Waals surface area contributed by atoms with Gasteiger partial charge in [-0.2, -0.15) is 10.4 Å². The van der Waals surface area contributed by atoms with Gasteiger partial charge in [-0.05, 0) is 49.4 Å². The van der Waals surface area contributed by atoms with Gasteiger partial charge in [0.05, 0.1) is 34.5 Å². The molecule has 2 N–H and O–H groups in total. The number of hydrogen-bond acceptors (Lipinski definition) is 6. The minimum absolute atomic E-state index is 0.0478. The average Bonchev–Trinajstić information content (AvgIpc) is 3.13. The molecular formula is C19H16N4O4S. The zero-order chi connectivity index (χ0) is 20.3. The molecule has 0 spiro atoms. The minimum atomic E-state index is -3.83. The first kappa shape index (κ1) is 19.3. The van der Waals surface area contributed by atoms with Crippen LogP contribution >= 0.6 is 0 Å². The SMILES string of the molecule is CCOC(=O)c1cc(-c2ccc(C#N)cc2)nn1-c1ccc(S(N)(=O)=O)cc1. The van der Waals surface area contributed by atoms with Crippen LogP contribution in [-0.4, -0.2) is 30.8 Å². The van der Waals surface area contributed by atoms with Gasteiger partial charge in [0.1, 0.15) is 0 Å². The van der Waals surface area contributed by atoms with Crippen molar-refractivity contribution in [2.75, 3.05) is 6.61 Å². The molecule has 0 radical (unpaired) electrons. The fourth-order valence-electron chi connectivity index (χ4n) is 2.56. The van der Waals surface area contributed by atoms with Gasteiger partial charge in [0.25, 0.3) is 0 Å². The van der Waals surface area contributed by atoms with Crippen molar-refractivity contribution in [3.05, 3.63) is 65.9 Å². The van der Waals surface area contributed by atoms with Gasteiger partial charge in [-0.1, -0.05) is 12.1 Å². The van der Waals surface area contributed by atoms with Crippen molar-refractivity contribution < 1.29 is 17.9 Å². The van der Waals surface area contributed by atoms with Crippen LogP contribution in [0.15, 0.2) is 59.5 Å². The summed E-state index contributed by atoms with van der Waals surface area (Å²) in [4.78, 5) is 12.3. The van der Waals surface area contributed by atoms with Crippen LogP contribution in [0.25, 0.3) is 16.9 Å². The van der Waals surface area contributed by atoms with E-state index in [-0.39, 0.29) is 17.2 Å². The average molecular weight is 396 g/mol. The summed E-state index contributed by atoms with van der Waals surface area (Å²) < 4.78 is 29.4.